The fourth-order valence-corrected chi connectivity index (χ4v) is 2.70. The van der Waals surface area contributed by atoms with Crippen LogP contribution in [0.15, 0.2) is 0 Å². The second-order valence-electron chi connectivity index (χ2n) is 4.44. The van der Waals surface area contributed by atoms with Gasteiger partial charge >= 0.3 is 0 Å². The zero-order chi connectivity index (χ0) is 13.4. The van der Waals surface area contributed by atoms with Crippen molar-refractivity contribution in [2.45, 2.75) is 26.2 Å². The number of hydrogen-bond donors (Lipinski definition) is 2. The van der Waals surface area contributed by atoms with Crippen molar-refractivity contribution in [3.05, 3.63) is 0 Å². The van der Waals surface area contributed by atoms with Gasteiger partial charge in [-0.05, 0) is 12.3 Å². The fourth-order valence-electron chi connectivity index (χ4n) is 1.84. The Morgan fingerprint density at radius 2 is 2.39 bits per heavy atom. The second kappa shape index (κ2) is 8.37. The van der Waals surface area contributed by atoms with Gasteiger partial charge in [0, 0.05) is 38.4 Å². The molecule has 1 aliphatic heterocycles. The van der Waals surface area contributed by atoms with Crippen LogP contribution in [-0.2, 0) is 4.79 Å². The summed E-state index contributed by atoms with van der Waals surface area (Å²) in [5, 5.41) is 11.8. The van der Waals surface area contributed by atoms with Gasteiger partial charge < -0.3 is 15.3 Å². The molecule has 0 saturated carbocycles. The molecule has 0 aromatic heterocycles. The van der Waals surface area contributed by atoms with Crippen molar-refractivity contribution >= 4 is 22.9 Å². The first-order valence-corrected chi connectivity index (χ1v) is 7.45. The molecule has 104 valence electrons. The Bertz CT molecular complexity index is 286. The highest BCUT2D eigenvalue weighted by atomic mass is 32.2. The molecule has 1 fully saturated rings. The van der Waals surface area contributed by atoms with E-state index in [1.54, 1.807) is 4.90 Å². The Morgan fingerprint density at radius 3 is 2.94 bits per heavy atom. The molecular formula is C12H22N2O3S. The molecule has 2 N–H and O–H groups in total. The number of amides is 2. The SMILES string of the molecule is CCC(CCO)CNC(=O)CCN1CCSC1=O. The van der Waals surface area contributed by atoms with Gasteiger partial charge in [-0.15, -0.1) is 0 Å². The van der Waals surface area contributed by atoms with Crippen LogP contribution in [0.5, 0.6) is 0 Å². The van der Waals surface area contributed by atoms with E-state index in [4.69, 9.17) is 5.11 Å². The highest BCUT2D eigenvalue weighted by molar-refractivity contribution is 8.13. The Balaban J connectivity index is 2.15. The molecule has 2 amide bonds. The monoisotopic (exact) mass is 274 g/mol. The van der Waals surface area contributed by atoms with Crippen molar-refractivity contribution < 1.29 is 14.7 Å². The van der Waals surface area contributed by atoms with Crippen molar-refractivity contribution in [3.63, 3.8) is 0 Å². The van der Waals surface area contributed by atoms with Crippen LogP contribution in [0.4, 0.5) is 4.79 Å². The van der Waals surface area contributed by atoms with E-state index in [-0.39, 0.29) is 17.8 Å². The van der Waals surface area contributed by atoms with Gasteiger partial charge in [0.1, 0.15) is 0 Å². The largest absolute Gasteiger partial charge is 0.396 e. The summed E-state index contributed by atoms with van der Waals surface area (Å²) in [5.41, 5.74) is 0. The van der Waals surface area contributed by atoms with Gasteiger partial charge in [0.15, 0.2) is 0 Å². The molecule has 0 bridgehead atoms. The zero-order valence-corrected chi connectivity index (χ0v) is 11.7. The number of carbonyl (C=O) groups excluding carboxylic acids is 2. The van der Waals surface area contributed by atoms with Gasteiger partial charge in [0.2, 0.25) is 5.91 Å². The molecule has 1 heterocycles. The average molecular weight is 274 g/mol. The Hall–Kier alpha value is -0.750. The van der Waals surface area contributed by atoms with Crippen molar-refractivity contribution in [2.24, 2.45) is 5.92 Å². The Morgan fingerprint density at radius 1 is 1.61 bits per heavy atom. The third-order valence-electron chi connectivity index (χ3n) is 3.16. The number of aliphatic hydroxyl groups excluding tert-OH is 1. The van der Waals surface area contributed by atoms with Gasteiger partial charge in [-0.25, -0.2) is 0 Å². The van der Waals surface area contributed by atoms with Gasteiger partial charge in [0.25, 0.3) is 5.24 Å². The molecule has 1 rings (SSSR count). The molecule has 18 heavy (non-hydrogen) atoms. The lowest BCUT2D eigenvalue weighted by Gasteiger charge is -2.16. The zero-order valence-electron chi connectivity index (χ0n) is 10.9. The third kappa shape index (κ3) is 5.27. The molecule has 1 unspecified atom stereocenters. The lowest BCUT2D eigenvalue weighted by molar-refractivity contribution is -0.121. The topological polar surface area (TPSA) is 69.6 Å². The Kier molecular flexibility index (Phi) is 7.12. The van der Waals surface area contributed by atoms with Crippen LogP contribution in [0.2, 0.25) is 0 Å². The number of thioether (sulfide) groups is 1. The number of carbonyl (C=O) groups is 2. The maximum absolute atomic E-state index is 11.6. The number of aliphatic hydroxyl groups is 1. The predicted molar refractivity (Wildman–Crippen MR) is 72.5 cm³/mol. The summed E-state index contributed by atoms with van der Waals surface area (Å²) >= 11 is 1.31. The first-order chi connectivity index (χ1) is 8.67. The van der Waals surface area contributed by atoms with Crippen LogP contribution in [-0.4, -0.2) is 53.1 Å². The average Bonchev–Trinajstić information content (AvgIpc) is 2.77. The van der Waals surface area contributed by atoms with Gasteiger partial charge in [0.05, 0.1) is 0 Å². The Labute approximate surface area is 112 Å². The summed E-state index contributed by atoms with van der Waals surface area (Å²) in [5.74, 6) is 1.15. The van der Waals surface area contributed by atoms with Gasteiger partial charge in [-0.3, -0.25) is 9.59 Å². The molecule has 0 radical (unpaired) electrons. The van der Waals surface area contributed by atoms with E-state index in [2.05, 4.69) is 5.32 Å². The summed E-state index contributed by atoms with van der Waals surface area (Å²) in [4.78, 5) is 24.6. The molecule has 1 saturated heterocycles. The predicted octanol–water partition coefficient (Wildman–Crippen LogP) is 1.07. The maximum atomic E-state index is 11.6. The standard InChI is InChI=1S/C12H22N2O3S/c1-2-10(4-7-15)9-13-11(16)3-5-14-6-8-18-12(14)17/h10,15H,2-9H2,1H3,(H,13,16). The summed E-state index contributed by atoms with van der Waals surface area (Å²) in [6.07, 6.45) is 2.03. The van der Waals surface area contributed by atoms with Crippen LogP contribution in [0, 0.1) is 5.92 Å². The van der Waals surface area contributed by atoms with Crippen LogP contribution in [0.1, 0.15) is 26.2 Å². The maximum Gasteiger partial charge on any atom is 0.281 e. The highest BCUT2D eigenvalue weighted by Crippen LogP contribution is 2.16. The van der Waals surface area contributed by atoms with E-state index in [1.807, 2.05) is 6.92 Å². The molecule has 0 aliphatic carbocycles. The third-order valence-corrected chi connectivity index (χ3v) is 4.05. The first kappa shape index (κ1) is 15.3. The van der Waals surface area contributed by atoms with Crippen molar-refractivity contribution in [1.29, 1.82) is 0 Å². The minimum Gasteiger partial charge on any atom is -0.396 e. The molecule has 0 aromatic rings. The summed E-state index contributed by atoms with van der Waals surface area (Å²) in [6, 6.07) is 0. The van der Waals surface area contributed by atoms with E-state index in [1.165, 1.54) is 11.8 Å². The van der Waals surface area contributed by atoms with Crippen molar-refractivity contribution in [1.82, 2.24) is 10.2 Å². The molecule has 1 atom stereocenters. The quantitative estimate of drug-likeness (QED) is 0.694. The number of nitrogens with zero attached hydrogens (tertiary/aromatic N) is 1. The lowest BCUT2D eigenvalue weighted by Crippen LogP contribution is -2.33. The van der Waals surface area contributed by atoms with E-state index in [0.717, 1.165) is 25.1 Å². The molecule has 6 heteroatoms. The van der Waals surface area contributed by atoms with E-state index >= 15 is 0 Å². The molecular weight excluding hydrogens is 252 g/mol. The summed E-state index contributed by atoms with van der Waals surface area (Å²) < 4.78 is 0. The summed E-state index contributed by atoms with van der Waals surface area (Å²) in [6.45, 7) is 4.08. The number of hydrogen-bond acceptors (Lipinski definition) is 4. The van der Waals surface area contributed by atoms with Crippen LogP contribution in [0.25, 0.3) is 0 Å². The first-order valence-electron chi connectivity index (χ1n) is 6.46. The van der Waals surface area contributed by atoms with Crippen LogP contribution < -0.4 is 5.32 Å². The second-order valence-corrected chi connectivity index (χ2v) is 5.49. The normalized spacial score (nSPS) is 17.0. The smallest absolute Gasteiger partial charge is 0.281 e. The van der Waals surface area contributed by atoms with Crippen molar-refractivity contribution in [2.75, 3.05) is 32.0 Å². The number of rotatable bonds is 8. The van der Waals surface area contributed by atoms with Gasteiger partial charge in [-0.2, -0.15) is 0 Å². The minimum atomic E-state index is -0.0175. The van der Waals surface area contributed by atoms with E-state index in [9.17, 15) is 9.59 Å². The van der Waals surface area contributed by atoms with Crippen LogP contribution >= 0.6 is 11.8 Å². The molecule has 5 nitrogen and oxygen atoms in total. The van der Waals surface area contributed by atoms with Crippen LogP contribution in [0.3, 0.4) is 0 Å². The van der Waals surface area contributed by atoms with E-state index < -0.39 is 0 Å². The number of nitrogens with one attached hydrogen (secondary N) is 1. The van der Waals surface area contributed by atoms with Crippen molar-refractivity contribution in [3.8, 4) is 0 Å². The summed E-state index contributed by atoms with van der Waals surface area (Å²) in [7, 11) is 0. The van der Waals surface area contributed by atoms with E-state index in [0.29, 0.717) is 25.4 Å². The minimum absolute atomic E-state index is 0.0175. The van der Waals surface area contributed by atoms with Gasteiger partial charge in [-0.1, -0.05) is 25.1 Å². The highest BCUT2D eigenvalue weighted by Gasteiger charge is 2.21. The molecule has 0 aromatic carbocycles. The fraction of sp³-hybridized carbons (Fsp3) is 0.833. The molecule has 0 spiro atoms. The lowest BCUT2D eigenvalue weighted by atomic mass is 10.0. The molecule has 1 aliphatic rings.